The molecule has 0 saturated heterocycles. The molecule has 0 fully saturated rings. The van der Waals surface area contributed by atoms with Gasteiger partial charge in [0, 0.05) is 13.1 Å². The number of ether oxygens (including phenoxy) is 2. The average molecular weight is 370 g/mol. The van der Waals surface area contributed by atoms with Crippen molar-refractivity contribution in [1.82, 2.24) is 10.2 Å². The Morgan fingerprint density at radius 3 is 2.56 bits per heavy atom. The molecule has 0 aliphatic rings. The van der Waals surface area contributed by atoms with Crippen LogP contribution in [0.4, 0.5) is 0 Å². The van der Waals surface area contributed by atoms with Crippen LogP contribution in [0.5, 0.6) is 11.5 Å². The summed E-state index contributed by atoms with van der Waals surface area (Å²) in [5, 5.41) is 3.01. The summed E-state index contributed by atoms with van der Waals surface area (Å²) in [5.74, 6) is 1.48. The van der Waals surface area contributed by atoms with Crippen LogP contribution in [-0.2, 0) is 17.9 Å². The molecule has 1 N–H and O–H groups in total. The van der Waals surface area contributed by atoms with E-state index in [2.05, 4.69) is 30.1 Å². The van der Waals surface area contributed by atoms with E-state index >= 15 is 0 Å². The van der Waals surface area contributed by atoms with Crippen molar-refractivity contribution < 1.29 is 14.3 Å². The van der Waals surface area contributed by atoms with Crippen LogP contribution < -0.4 is 14.8 Å². The zero-order chi connectivity index (χ0) is 19.6. The van der Waals surface area contributed by atoms with Gasteiger partial charge in [0.15, 0.2) is 11.5 Å². The van der Waals surface area contributed by atoms with E-state index in [0.29, 0.717) is 26.2 Å². The molecular weight excluding hydrogens is 340 g/mol. The molecule has 146 valence electrons. The molecule has 1 amide bonds. The highest BCUT2D eigenvalue weighted by molar-refractivity contribution is 5.78. The van der Waals surface area contributed by atoms with Gasteiger partial charge in [-0.1, -0.05) is 37.3 Å². The van der Waals surface area contributed by atoms with Crippen LogP contribution in [0, 0.1) is 6.92 Å². The third kappa shape index (κ3) is 6.29. The Labute approximate surface area is 162 Å². The summed E-state index contributed by atoms with van der Waals surface area (Å²) in [6, 6.07) is 14.0. The SMILES string of the molecule is CCOc1ccc(CN(CC)CC(=O)NCc2ccccc2C)cc1OC. The lowest BCUT2D eigenvalue weighted by molar-refractivity contribution is -0.122. The minimum absolute atomic E-state index is 0.0259. The fraction of sp³-hybridized carbons (Fsp3) is 0.409. The number of amides is 1. The van der Waals surface area contributed by atoms with E-state index in [4.69, 9.17) is 9.47 Å². The second kappa shape index (κ2) is 10.6. The van der Waals surface area contributed by atoms with Crippen molar-refractivity contribution in [2.75, 3.05) is 26.8 Å². The fourth-order valence-corrected chi connectivity index (χ4v) is 2.88. The molecule has 0 unspecified atom stereocenters. The number of likely N-dealkylation sites (N-methyl/N-ethyl adjacent to an activating group) is 1. The molecule has 27 heavy (non-hydrogen) atoms. The summed E-state index contributed by atoms with van der Waals surface area (Å²) in [6.07, 6.45) is 0. The first-order valence-corrected chi connectivity index (χ1v) is 9.40. The number of methoxy groups -OCH3 is 1. The molecule has 2 aromatic carbocycles. The quantitative estimate of drug-likeness (QED) is 0.695. The van der Waals surface area contributed by atoms with Gasteiger partial charge in [-0.25, -0.2) is 0 Å². The van der Waals surface area contributed by atoms with Crippen LogP contribution in [0.25, 0.3) is 0 Å². The number of rotatable bonds is 10. The molecule has 2 rings (SSSR count). The zero-order valence-electron chi connectivity index (χ0n) is 16.7. The van der Waals surface area contributed by atoms with Gasteiger partial charge in [0.05, 0.1) is 20.3 Å². The van der Waals surface area contributed by atoms with Crippen LogP contribution in [-0.4, -0.2) is 37.6 Å². The molecule has 0 saturated carbocycles. The number of hydrogen-bond acceptors (Lipinski definition) is 4. The monoisotopic (exact) mass is 370 g/mol. The average Bonchev–Trinajstić information content (AvgIpc) is 2.68. The highest BCUT2D eigenvalue weighted by Gasteiger charge is 2.12. The van der Waals surface area contributed by atoms with Gasteiger partial charge in [-0.2, -0.15) is 0 Å². The lowest BCUT2D eigenvalue weighted by atomic mass is 10.1. The number of aryl methyl sites for hydroxylation is 1. The van der Waals surface area contributed by atoms with Gasteiger partial charge in [-0.15, -0.1) is 0 Å². The highest BCUT2D eigenvalue weighted by atomic mass is 16.5. The van der Waals surface area contributed by atoms with Gasteiger partial charge in [-0.05, 0) is 49.2 Å². The molecule has 5 nitrogen and oxygen atoms in total. The summed E-state index contributed by atoms with van der Waals surface area (Å²) in [5.41, 5.74) is 3.42. The van der Waals surface area contributed by atoms with Crippen molar-refractivity contribution in [3.63, 3.8) is 0 Å². The van der Waals surface area contributed by atoms with E-state index in [-0.39, 0.29) is 5.91 Å². The van der Waals surface area contributed by atoms with E-state index < -0.39 is 0 Å². The second-order valence-electron chi connectivity index (χ2n) is 6.42. The standard InChI is InChI=1S/C22H30N2O3/c1-5-24(15-18-11-12-20(27-6-2)21(13-18)26-4)16-22(25)23-14-19-10-8-7-9-17(19)3/h7-13H,5-6,14-16H2,1-4H3,(H,23,25). The first-order valence-electron chi connectivity index (χ1n) is 9.40. The van der Waals surface area contributed by atoms with Gasteiger partial charge in [0.25, 0.3) is 0 Å². The van der Waals surface area contributed by atoms with Crippen LogP contribution >= 0.6 is 0 Å². The number of carbonyl (C=O) groups excluding carboxylic acids is 1. The Kier molecular flexibility index (Phi) is 8.14. The minimum atomic E-state index is 0.0259. The first kappa shape index (κ1) is 20.8. The summed E-state index contributed by atoms with van der Waals surface area (Å²) in [6.45, 7) is 9.03. The number of carbonyl (C=O) groups is 1. The van der Waals surface area contributed by atoms with Gasteiger partial charge >= 0.3 is 0 Å². The fourth-order valence-electron chi connectivity index (χ4n) is 2.88. The molecule has 0 atom stereocenters. The molecule has 0 aromatic heterocycles. The predicted octanol–water partition coefficient (Wildman–Crippen LogP) is 3.54. The van der Waals surface area contributed by atoms with E-state index in [1.165, 1.54) is 5.56 Å². The maximum atomic E-state index is 12.4. The molecule has 0 aliphatic carbocycles. The van der Waals surface area contributed by atoms with Crippen molar-refractivity contribution in [2.24, 2.45) is 0 Å². The van der Waals surface area contributed by atoms with Gasteiger partial charge in [0.1, 0.15) is 0 Å². The Morgan fingerprint density at radius 1 is 1.11 bits per heavy atom. The molecule has 0 bridgehead atoms. The summed E-state index contributed by atoms with van der Waals surface area (Å²) >= 11 is 0. The van der Waals surface area contributed by atoms with E-state index in [1.54, 1.807) is 7.11 Å². The Hall–Kier alpha value is -2.53. The normalized spacial score (nSPS) is 10.7. The highest BCUT2D eigenvalue weighted by Crippen LogP contribution is 2.28. The minimum Gasteiger partial charge on any atom is -0.493 e. The maximum absolute atomic E-state index is 12.4. The zero-order valence-corrected chi connectivity index (χ0v) is 16.7. The Morgan fingerprint density at radius 2 is 1.89 bits per heavy atom. The number of nitrogens with zero attached hydrogens (tertiary/aromatic N) is 1. The van der Waals surface area contributed by atoms with Crippen LogP contribution in [0.1, 0.15) is 30.5 Å². The van der Waals surface area contributed by atoms with Crippen LogP contribution in [0.3, 0.4) is 0 Å². The van der Waals surface area contributed by atoms with Crippen molar-refractivity contribution in [2.45, 2.75) is 33.9 Å². The van der Waals surface area contributed by atoms with Gasteiger partial charge in [0.2, 0.25) is 5.91 Å². The maximum Gasteiger partial charge on any atom is 0.234 e. The first-order chi connectivity index (χ1) is 13.1. The predicted molar refractivity (Wildman–Crippen MR) is 108 cm³/mol. The number of benzene rings is 2. The van der Waals surface area contributed by atoms with Crippen molar-refractivity contribution in [1.29, 1.82) is 0 Å². The lowest BCUT2D eigenvalue weighted by Crippen LogP contribution is -2.36. The van der Waals surface area contributed by atoms with Gasteiger partial charge in [-0.3, -0.25) is 9.69 Å². The molecular formula is C22H30N2O3. The molecule has 0 aliphatic heterocycles. The van der Waals surface area contributed by atoms with E-state index in [0.717, 1.165) is 29.2 Å². The van der Waals surface area contributed by atoms with Crippen LogP contribution in [0.15, 0.2) is 42.5 Å². The molecule has 0 spiro atoms. The number of hydrogen-bond donors (Lipinski definition) is 1. The summed E-state index contributed by atoms with van der Waals surface area (Å²) in [7, 11) is 1.64. The summed E-state index contributed by atoms with van der Waals surface area (Å²) < 4.78 is 11.0. The Balaban J connectivity index is 1.92. The van der Waals surface area contributed by atoms with Crippen molar-refractivity contribution in [3.05, 3.63) is 59.2 Å². The van der Waals surface area contributed by atoms with E-state index in [9.17, 15) is 4.79 Å². The number of nitrogens with one attached hydrogen (secondary N) is 1. The van der Waals surface area contributed by atoms with Gasteiger partial charge < -0.3 is 14.8 Å². The molecule has 0 radical (unpaired) electrons. The third-order valence-electron chi connectivity index (χ3n) is 4.49. The molecule has 5 heteroatoms. The Bertz CT molecular complexity index is 746. The third-order valence-corrected chi connectivity index (χ3v) is 4.49. The molecule has 2 aromatic rings. The van der Waals surface area contributed by atoms with E-state index in [1.807, 2.05) is 43.3 Å². The molecule has 0 heterocycles. The smallest absolute Gasteiger partial charge is 0.234 e. The topological polar surface area (TPSA) is 50.8 Å². The largest absolute Gasteiger partial charge is 0.493 e. The summed E-state index contributed by atoms with van der Waals surface area (Å²) in [4.78, 5) is 14.5. The van der Waals surface area contributed by atoms with Crippen LogP contribution in [0.2, 0.25) is 0 Å². The van der Waals surface area contributed by atoms with Crippen molar-refractivity contribution >= 4 is 5.91 Å². The second-order valence-corrected chi connectivity index (χ2v) is 6.42. The lowest BCUT2D eigenvalue weighted by Gasteiger charge is -2.21. The van der Waals surface area contributed by atoms with Crippen molar-refractivity contribution in [3.8, 4) is 11.5 Å².